The van der Waals surface area contributed by atoms with Crippen LogP contribution >= 0.6 is 11.3 Å². The van der Waals surface area contributed by atoms with Crippen LogP contribution in [-0.2, 0) is 0 Å². The van der Waals surface area contributed by atoms with Crippen LogP contribution in [0, 0.1) is 6.92 Å². The van der Waals surface area contributed by atoms with Crippen molar-refractivity contribution in [2.24, 2.45) is 0 Å². The van der Waals surface area contributed by atoms with Crippen LogP contribution < -0.4 is 5.32 Å². The Morgan fingerprint density at radius 1 is 1.15 bits per heavy atom. The molecule has 4 aromatic rings. The lowest BCUT2D eigenvalue weighted by atomic mass is 10.2. The van der Waals surface area contributed by atoms with E-state index in [2.05, 4.69) is 20.4 Å². The first-order chi connectivity index (χ1) is 12.7. The predicted molar refractivity (Wildman–Crippen MR) is 102 cm³/mol. The van der Waals surface area contributed by atoms with Crippen LogP contribution in [0.5, 0.6) is 0 Å². The molecular weight excluding hydrogens is 346 g/mol. The highest BCUT2D eigenvalue weighted by Crippen LogP contribution is 2.24. The lowest BCUT2D eigenvalue weighted by Gasteiger charge is -2.04. The first-order valence-electron chi connectivity index (χ1n) is 7.99. The number of benzene rings is 1. The minimum atomic E-state index is -0.256. The Hall–Kier alpha value is -3.32. The summed E-state index contributed by atoms with van der Waals surface area (Å²) in [6.45, 7) is 2.04. The van der Waals surface area contributed by atoms with Crippen molar-refractivity contribution >= 4 is 22.9 Å². The van der Waals surface area contributed by atoms with E-state index in [0.29, 0.717) is 17.2 Å². The van der Waals surface area contributed by atoms with E-state index >= 15 is 0 Å². The predicted octanol–water partition coefficient (Wildman–Crippen LogP) is 3.95. The first-order valence-corrected chi connectivity index (χ1v) is 8.87. The molecule has 128 valence electrons. The number of hydrogen-bond donors (Lipinski definition) is 1. The van der Waals surface area contributed by atoms with Gasteiger partial charge < -0.3 is 5.32 Å². The summed E-state index contributed by atoms with van der Waals surface area (Å²) in [7, 11) is 0. The second-order valence-electron chi connectivity index (χ2n) is 5.71. The lowest BCUT2D eigenvalue weighted by molar-refractivity contribution is 0.102. The molecule has 0 fully saturated rings. The number of carbonyl (C=O) groups excluding carboxylic acids is 1. The number of thiazole rings is 1. The maximum absolute atomic E-state index is 12.4. The molecule has 0 aliphatic rings. The van der Waals surface area contributed by atoms with Gasteiger partial charge in [0, 0.05) is 23.3 Å². The van der Waals surface area contributed by atoms with Crippen molar-refractivity contribution in [3.63, 3.8) is 0 Å². The molecule has 0 saturated heterocycles. The topological polar surface area (TPSA) is 72.7 Å². The monoisotopic (exact) mass is 361 g/mol. The molecule has 0 aliphatic heterocycles. The minimum absolute atomic E-state index is 0.256. The van der Waals surface area contributed by atoms with E-state index in [0.717, 1.165) is 10.6 Å². The van der Waals surface area contributed by atoms with E-state index < -0.39 is 0 Å². The zero-order valence-corrected chi connectivity index (χ0v) is 14.8. The maximum atomic E-state index is 12.4. The summed E-state index contributed by atoms with van der Waals surface area (Å²) < 4.78 is 1.65. The van der Waals surface area contributed by atoms with Gasteiger partial charge in [-0.25, -0.2) is 14.6 Å². The van der Waals surface area contributed by atoms with Crippen molar-refractivity contribution in [2.45, 2.75) is 6.92 Å². The molecule has 1 N–H and O–H groups in total. The first kappa shape index (κ1) is 16.2. The van der Waals surface area contributed by atoms with E-state index in [1.807, 2.05) is 43.5 Å². The van der Waals surface area contributed by atoms with Gasteiger partial charge in [0.05, 0.1) is 11.9 Å². The summed E-state index contributed by atoms with van der Waals surface area (Å²) in [6, 6.07) is 13.5. The summed E-state index contributed by atoms with van der Waals surface area (Å²) in [5, 5.41) is 9.52. The fraction of sp³-hybridized carbons (Fsp3) is 0.0526. The van der Waals surface area contributed by atoms with Crippen LogP contribution in [0.2, 0.25) is 0 Å². The number of nitrogens with zero attached hydrogens (tertiary/aromatic N) is 4. The van der Waals surface area contributed by atoms with Crippen LogP contribution in [-0.4, -0.2) is 25.7 Å². The van der Waals surface area contributed by atoms with Crippen molar-refractivity contribution in [1.29, 1.82) is 0 Å². The van der Waals surface area contributed by atoms with Crippen molar-refractivity contribution in [3.8, 4) is 16.4 Å². The zero-order valence-electron chi connectivity index (χ0n) is 14.0. The van der Waals surface area contributed by atoms with Gasteiger partial charge in [-0.3, -0.25) is 4.79 Å². The van der Waals surface area contributed by atoms with Crippen LogP contribution in [0.1, 0.15) is 16.1 Å². The Bertz CT molecular complexity index is 1020. The van der Waals surface area contributed by atoms with Gasteiger partial charge in [-0.2, -0.15) is 5.10 Å². The second kappa shape index (κ2) is 6.89. The van der Waals surface area contributed by atoms with Crippen molar-refractivity contribution in [1.82, 2.24) is 19.7 Å². The number of pyridine rings is 1. The maximum Gasteiger partial charge on any atom is 0.275 e. The summed E-state index contributed by atoms with van der Waals surface area (Å²) in [6.07, 6.45) is 5.09. The zero-order chi connectivity index (χ0) is 17.9. The summed E-state index contributed by atoms with van der Waals surface area (Å²) in [4.78, 5) is 21.1. The Morgan fingerprint density at radius 3 is 2.69 bits per heavy atom. The molecule has 3 heterocycles. The smallest absolute Gasteiger partial charge is 0.275 e. The van der Waals surface area contributed by atoms with Gasteiger partial charge in [-0.1, -0.05) is 29.8 Å². The van der Waals surface area contributed by atoms with Crippen molar-refractivity contribution in [2.75, 3.05) is 5.32 Å². The third kappa shape index (κ3) is 3.38. The molecule has 6 nitrogen and oxygen atoms in total. The van der Waals surface area contributed by atoms with Crippen LogP contribution in [0.25, 0.3) is 16.4 Å². The number of anilines is 1. The molecule has 1 amide bonds. The van der Waals surface area contributed by atoms with Gasteiger partial charge in [-0.05, 0) is 25.1 Å². The molecular formula is C19H15N5OS. The molecule has 0 aliphatic carbocycles. The molecule has 0 radical (unpaired) electrons. The molecule has 1 aromatic carbocycles. The average Bonchev–Trinajstić information content (AvgIpc) is 3.35. The molecule has 0 spiro atoms. The number of nitrogens with one attached hydrogen (secondary N) is 1. The van der Waals surface area contributed by atoms with E-state index in [-0.39, 0.29) is 5.91 Å². The quantitative estimate of drug-likeness (QED) is 0.597. The van der Waals surface area contributed by atoms with Gasteiger partial charge in [0.1, 0.15) is 10.7 Å². The normalized spacial score (nSPS) is 10.7. The van der Waals surface area contributed by atoms with Gasteiger partial charge in [0.15, 0.2) is 5.82 Å². The molecule has 0 atom stereocenters. The van der Waals surface area contributed by atoms with Crippen molar-refractivity contribution < 1.29 is 4.79 Å². The number of aryl methyl sites for hydroxylation is 1. The van der Waals surface area contributed by atoms with Gasteiger partial charge in [0.2, 0.25) is 0 Å². The number of amides is 1. The van der Waals surface area contributed by atoms with Crippen molar-refractivity contribution in [3.05, 3.63) is 77.7 Å². The Balaban J connectivity index is 1.47. The molecule has 0 bridgehead atoms. The fourth-order valence-electron chi connectivity index (χ4n) is 2.40. The summed E-state index contributed by atoms with van der Waals surface area (Å²) >= 11 is 1.45. The minimum Gasteiger partial charge on any atom is -0.319 e. The molecule has 0 saturated carbocycles. The lowest BCUT2D eigenvalue weighted by Crippen LogP contribution is -2.12. The number of rotatable bonds is 4. The highest BCUT2D eigenvalue weighted by Gasteiger charge is 2.12. The summed E-state index contributed by atoms with van der Waals surface area (Å²) in [5.74, 6) is 0.427. The molecule has 4 rings (SSSR count). The Labute approximate surface area is 154 Å². The summed E-state index contributed by atoms with van der Waals surface area (Å²) in [5.41, 5.74) is 3.19. The largest absolute Gasteiger partial charge is 0.319 e. The second-order valence-corrected chi connectivity index (χ2v) is 6.57. The van der Waals surface area contributed by atoms with Gasteiger partial charge in [0.25, 0.3) is 5.91 Å². The van der Waals surface area contributed by atoms with E-state index in [1.165, 1.54) is 16.9 Å². The van der Waals surface area contributed by atoms with E-state index in [4.69, 9.17) is 0 Å². The van der Waals surface area contributed by atoms with Crippen LogP contribution in [0.3, 0.4) is 0 Å². The Kier molecular flexibility index (Phi) is 4.28. The molecule has 7 heteroatoms. The SMILES string of the molecule is Cc1ccc(-c2nc(C(=O)Nc3ccc(-n4cccn4)nc3)cs2)cc1. The van der Waals surface area contributed by atoms with E-state index in [1.54, 1.807) is 34.6 Å². The molecule has 3 aromatic heterocycles. The fourth-order valence-corrected chi connectivity index (χ4v) is 3.21. The standard InChI is InChI=1S/C19H15N5OS/c1-13-3-5-14(6-4-13)19-23-16(12-26-19)18(25)22-15-7-8-17(20-11-15)24-10-2-9-21-24/h2-12H,1H3,(H,22,25). The third-order valence-electron chi connectivity index (χ3n) is 3.78. The van der Waals surface area contributed by atoms with Crippen LogP contribution in [0.15, 0.2) is 66.4 Å². The van der Waals surface area contributed by atoms with Gasteiger partial charge >= 0.3 is 0 Å². The van der Waals surface area contributed by atoms with Crippen LogP contribution in [0.4, 0.5) is 5.69 Å². The molecule has 26 heavy (non-hydrogen) atoms. The number of carbonyl (C=O) groups is 1. The third-order valence-corrected chi connectivity index (χ3v) is 4.67. The molecule has 0 unspecified atom stereocenters. The highest BCUT2D eigenvalue weighted by molar-refractivity contribution is 7.13. The number of hydrogen-bond acceptors (Lipinski definition) is 5. The average molecular weight is 361 g/mol. The number of aromatic nitrogens is 4. The highest BCUT2D eigenvalue weighted by atomic mass is 32.1. The van der Waals surface area contributed by atoms with Gasteiger partial charge in [-0.15, -0.1) is 11.3 Å². The Morgan fingerprint density at radius 2 is 2.00 bits per heavy atom. The van der Waals surface area contributed by atoms with E-state index in [9.17, 15) is 4.79 Å².